The Morgan fingerprint density at radius 1 is 1.31 bits per heavy atom. The fourth-order valence-corrected chi connectivity index (χ4v) is 1.84. The minimum Gasteiger partial charge on any atom is -0.388 e. The lowest BCUT2D eigenvalue weighted by Crippen LogP contribution is -2.11. The van der Waals surface area contributed by atoms with E-state index in [0.717, 1.165) is 17.3 Å². The second-order valence-electron chi connectivity index (χ2n) is 4.79. The molecule has 2 nitrogen and oxygen atoms in total. The maximum absolute atomic E-state index is 9.77. The summed E-state index contributed by atoms with van der Waals surface area (Å²) in [5.74, 6) is 0.422. The summed E-state index contributed by atoms with van der Waals surface area (Å²) in [5.41, 5.74) is 2.25. The van der Waals surface area contributed by atoms with E-state index >= 15 is 0 Å². The van der Waals surface area contributed by atoms with Crippen molar-refractivity contribution in [1.29, 1.82) is 5.26 Å². The monoisotopic (exact) mass is 235 g/mol. The van der Waals surface area contributed by atoms with Crippen LogP contribution in [0.3, 0.4) is 0 Å². The van der Waals surface area contributed by atoms with Gasteiger partial charge < -0.3 is 5.11 Å². The number of hydrogen-bond acceptors (Lipinski definition) is 3. The number of benzene rings is 1. The Bertz CT molecular complexity index is 372. The third kappa shape index (κ3) is 3.55. The van der Waals surface area contributed by atoms with E-state index in [9.17, 15) is 5.11 Å². The minimum atomic E-state index is -0.557. The molecule has 1 N–H and O–H groups in total. The number of thiocyanates is 1. The van der Waals surface area contributed by atoms with Crippen LogP contribution < -0.4 is 0 Å². The van der Waals surface area contributed by atoms with Crippen LogP contribution in [0.2, 0.25) is 0 Å². The fraction of sp³-hybridized carbons (Fsp3) is 0.462. The highest BCUT2D eigenvalue weighted by molar-refractivity contribution is 8.03. The fourth-order valence-electron chi connectivity index (χ4n) is 1.42. The number of nitrogens with zero attached hydrogens (tertiary/aromatic N) is 1. The molecule has 3 heteroatoms. The zero-order valence-electron chi connectivity index (χ0n) is 9.90. The molecule has 1 aromatic rings. The summed E-state index contributed by atoms with van der Waals surface area (Å²) in [5, 5.41) is 20.1. The van der Waals surface area contributed by atoms with E-state index in [4.69, 9.17) is 5.26 Å². The Morgan fingerprint density at radius 3 is 2.31 bits per heavy atom. The van der Waals surface area contributed by atoms with E-state index in [0.29, 0.717) is 5.75 Å². The lowest BCUT2D eigenvalue weighted by Gasteiger charge is -2.19. The molecule has 0 aliphatic carbocycles. The highest BCUT2D eigenvalue weighted by atomic mass is 32.2. The normalized spacial score (nSPS) is 13.2. The van der Waals surface area contributed by atoms with Crippen LogP contribution in [0.15, 0.2) is 24.3 Å². The minimum absolute atomic E-state index is 0.130. The summed E-state index contributed by atoms with van der Waals surface area (Å²) in [6.07, 6.45) is -0.557. The summed E-state index contributed by atoms with van der Waals surface area (Å²) in [6.45, 7) is 6.47. The van der Waals surface area contributed by atoms with Crippen LogP contribution >= 0.6 is 11.8 Å². The van der Waals surface area contributed by atoms with Crippen LogP contribution in [0.1, 0.15) is 38.0 Å². The van der Waals surface area contributed by atoms with Crippen molar-refractivity contribution in [3.63, 3.8) is 0 Å². The van der Waals surface area contributed by atoms with Crippen LogP contribution in [-0.4, -0.2) is 10.9 Å². The number of hydrogen-bond donors (Lipinski definition) is 1. The van der Waals surface area contributed by atoms with Gasteiger partial charge in [0.25, 0.3) is 0 Å². The van der Waals surface area contributed by atoms with Gasteiger partial charge in [0.2, 0.25) is 0 Å². The number of rotatable bonds is 3. The summed E-state index contributed by atoms with van der Waals surface area (Å²) in [6, 6.07) is 7.94. The zero-order valence-corrected chi connectivity index (χ0v) is 10.7. The van der Waals surface area contributed by atoms with Gasteiger partial charge in [0.15, 0.2) is 0 Å². The lowest BCUT2D eigenvalue weighted by molar-refractivity contribution is 0.204. The number of nitriles is 1. The molecule has 0 saturated heterocycles. The Balaban J connectivity index is 2.76. The van der Waals surface area contributed by atoms with Gasteiger partial charge in [-0.3, -0.25) is 0 Å². The zero-order chi connectivity index (χ0) is 12.2. The van der Waals surface area contributed by atoms with Crippen molar-refractivity contribution in [2.45, 2.75) is 32.3 Å². The van der Waals surface area contributed by atoms with Crippen molar-refractivity contribution in [2.75, 3.05) is 5.75 Å². The summed E-state index contributed by atoms with van der Waals surface area (Å²) in [4.78, 5) is 0. The topological polar surface area (TPSA) is 44.0 Å². The largest absolute Gasteiger partial charge is 0.388 e. The predicted molar refractivity (Wildman–Crippen MR) is 68.2 cm³/mol. The highest BCUT2D eigenvalue weighted by Crippen LogP contribution is 2.24. The second kappa shape index (κ2) is 5.38. The number of thioether (sulfide) groups is 1. The van der Waals surface area contributed by atoms with E-state index in [1.54, 1.807) is 0 Å². The quantitative estimate of drug-likeness (QED) is 0.818. The molecule has 1 rings (SSSR count). The van der Waals surface area contributed by atoms with Crippen molar-refractivity contribution in [3.05, 3.63) is 35.4 Å². The summed E-state index contributed by atoms with van der Waals surface area (Å²) in [7, 11) is 0. The molecule has 0 aliphatic heterocycles. The first-order valence-electron chi connectivity index (χ1n) is 5.24. The molecular weight excluding hydrogens is 218 g/mol. The lowest BCUT2D eigenvalue weighted by atomic mass is 9.86. The van der Waals surface area contributed by atoms with Crippen LogP contribution in [0.25, 0.3) is 0 Å². The molecule has 0 saturated carbocycles. The Hall–Kier alpha value is -0.980. The van der Waals surface area contributed by atoms with Gasteiger partial charge in [-0.2, -0.15) is 5.26 Å². The van der Waals surface area contributed by atoms with Crippen molar-refractivity contribution in [1.82, 2.24) is 0 Å². The highest BCUT2D eigenvalue weighted by Gasteiger charge is 2.14. The van der Waals surface area contributed by atoms with Gasteiger partial charge in [0.05, 0.1) is 6.10 Å². The predicted octanol–water partition coefficient (Wildman–Crippen LogP) is 3.23. The Labute approximate surface area is 101 Å². The van der Waals surface area contributed by atoms with Gasteiger partial charge in [-0.05, 0) is 28.3 Å². The molecule has 1 atom stereocenters. The third-order valence-corrected chi connectivity index (χ3v) is 3.08. The Kier molecular flexibility index (Phi) is 4.40. The molecule has 0 amide bonds. The molecule has 0 fully saturated rings. The van der Waals surface area contributed by atoms with Crippen LogP contribution in [0.5, 0.6) is 0 Å². The molecule has 0 heterocycles. The summed E-state index contributed by atoms with van der Waals surface area (Å²) < 4.78 is 0. The molecule has 0 spiro atoms. The third-order valence-electron chi connectivity index (χ3n) is 2.47. The molecular formula is C13H17NOS. The Morgan fingerprint density at radius 2 is 1.88 bits per heavy atom. The van der Waals surface area contributed by atoms with Gasteiger partial charge in [-0.15, -0.1) is 0 Å². The van der Waals surface area contributed by atoms with Crippen LogP contribution in [-0.2, 0) is 5.41 Å². The first kappa shape index (κ1) is 13.1. The van der Waals surface area contributed by atoms with Crippen LogP contribution in [0, 0.1) is 10.7 Å². The van der Waals surface area contributed by atoms with Gasteiger partial charge >= 0.3 is 0 Å². The number of aliphatic hydroxyl groups is 1. The maximum atomic E-state index is 9.77. The average Bonchev–Trinajstić information content (AvgIpc) is 2.25. The first-order valence-corrected chi connectivity index (χ1v) is 6.23. The smallest absolute Gasteiger partial charge is 0.133 e. The molecule has 16 heavy (non-hydrogen) atoms. The number of aliphatic hydroxyl groups excluding tert-OH is 1. The van der Waals surface area contributed by atoms with Crippen molar-refractivity contribution >= 4 is 11.8 Å². The average molecular weight is 235 g/mol. The van der Waals surface area contributed by atoms with E-state index in [2.05, 4.69) is 20.8 Å². The van der Waals surface area contributed by atoms with E-state index < -0.39 is 6.10 Å². The van der Waals surface area contributed by atoms with Crippen molar-refractivity contribution in [3.8, 4) is 5.40 Å². The van der Waals surface area contributed by atoms with Gasteiger partial charge in [-0.25, -0.2) is 0 Å². The maximum Gasteiger partial charge on any atom is 0.133 e. The van der Waals surface area contributed by atoms with Crippen molar-refractivity contribution < 1.29 is 5.11 Å². The van der Waals surface area contributed by atoms with E-state index in [1.807, 2.05) is 29.7 Å². The molecule has 0 bridgehead atoms. The van der Waals surface area contributed by atoms with E-state index in [-0.39, 0.29) is 5.41 Å². The van der Waals surface area contributed by atoms with E-state index in [1.165, 1.54) is 5.56 Å². The van der Waals surface area contributed by atoms with Gasteiger partial charge in [0.1, 0.15) is 5.40 Å². The molecule has 0 aliphatic rings. The molecule has 1 aromatic carbocycles. The molecule has 86 valence electrons. The molecule has 0 aromatic heterocycles. The molecule has 0 radical (unpaired) electrons. The standard InChI is InChI=1S/C13H17NOS/c1-13(2,3)11-6-4-10(5-7-11)12(15)8-16-9-14/h4-7,12,15H,8H2,1-3H3. The van der Waals surface area contributed by atoms with Crippen LogP contribution in [0.4, 0.5) is 0 Å². The molecule has 1 unspecified atom stereocenters. The van der Waals surface area contributed by atoms with Gasteiger partial charge in [-0.1, -0.05) is 45.0 Å². The summed E-state index contributed by atoms with van der Waals surface area (Å²) >= 11 is 1.08. The second-order valence-corrected chi connectivity index (χ2v) is 5.59. The van der Waals surface area contributed by atoms with Crippen molar-refractivity contribution in [2.24, 2.45) is 0 Å². The first-order chi connectivity index (χ1) is 7.45. The SMILES string of the molecule is CC(C)(C)c1ccc(C(O)CSC#N)cc1. The van der Waals surface area contributed by atoms with Gasteiger partial charge in [0, 0.05) is 5.75 Å².